The Bertz CT molecular complexity index is 176. The molecule has 8 heavy (non-hydrogen) atoms. The predicted molar refractivity (Wildman–Crippen MR) is 29.0 cm³/mol. The molecule has 5 saturated carbocycles. The molecule has 5 rings (SSSR count). The van der Waals surface area contributed by atoms with Crippen LogP contribution in [0.3, 0.4) is 0 Å². The molecule has 0 spiro atoms. The number of hydrogen-bond acceptors (Lipinski definition) is 1. The van der Waals surface area contributed by atoms with Gasteiger partial charge in [-0.15, -0.1) is 0 Å². The molecule has 2 N–H and O–H groups in total. The first kappa shape index (κ1) is 3.21. The van der Waals surface area contributed by atoms with Gasteiger partial charge in [0.2, 0.25) is 0 Å². The standard InChI is InChI=1S/C7H9N/c8-7-1-2-3-4(2)6(7)5(3)7/h2-6H,1,8H2. The Morgan fingerprint density at radius 2 is 1.88 bits per heavy atom. The molecule has 0 aromatic carbocycles. The summed E-state index contributed by atoms with van der Waals surface area (Å²) >= 11 is 0. The van der Waals surface area contributed by atoms with Crippen molar-refractivity contribution in [2.24, 2.45) is 35.3 Å². The van der Waals surface area contributed by atoms with Crippen molar-refractivity contribution < 1.29 is 0 Å². The molecule has 0 saturated heterocycles. The van der Waals surface area contributed by atoms with Crippen LogP contribution >= 0.6 is 0 Å². The highest BCUT2D eigenvalue weighted by molar-refractivity contribution is 5.45. The summed E-state index contributed by atoms with van der Waals surface area (Å²) in [6, 6.07) is 0. The first-order valence-electron chi connectivity index (χ1n) is 3.63. The first-order chi connectivity index (χ1) is 3.84. The molecular formula is C7H9N. The van der Waals surface area contributed by atoms with Gasteiger partial charge < -0.3 is 5.73 Å². The predicted octanol–water partition coefficient (Wildman–Crippen LogP) is 0.209. The van der Waals surface area contributed by atoms with E-state index < -0.39 is 0 Å². The van der Waals surface area contributed by atoms with Gasteiger partial charge in [-0.2, -0.15) is 0 Å². The normalized spacial score (nSPS) is 94.9. The van der Waals surface area contributed by atoms with Crippen LogP contribution in [0.1, 0.15) is 6.42 Å². The smallest absolute Gasteiger partial charge is 0.0227 e. The molecule has 2 bridgehead atoms. The maximum atomic E-state index is 6.06. The molecule has 0 heterocycles. The summed E-state index contributed by atoms with van der Waals surface area (Å²) in [6.45, 7) is 0. The van der Waals surface area contributed by atoms with E-state index in [0.29, 0.717) is 5.54 Å². The van der Waals surface area contributed by atoms with E-state index in [1.54, 1.807) is 0 Å². The van der Waals surface area contributed by atoms with Crippen LogP contribution in [0.4, 0.5) is 0 Å². The zero-order chi connectivity index (χ0) is 5.09. The molecule has 0 aliphatic heterocycles. The lowest BCUT2D eigenvalue weighted by atomic mass is 10.0. The lowest BCUT2D eigenvalue weighted by Gasteiger charge is -2.02. The van der Waals surface area contributed by atoms with E-state index in [0.717, 1.165) is 29.6 Å². The van der Waals surface area contributed by atoms with Crippen molar-refractivity contribution in [1.82, 2.24) is 0 Å². The van der Waals surface area contributed by atoms with Crippen LogP contribution < -0.4 is 5.73 Å². The van der Waals surface area contributed by atoms with Crippen molar-refractivity contribution in [3.05, 3.63) is 0 Å². The van der Waals surface area contributed by atoms with Crippen LogP contribution in [0.5, 0.6) is 0 Å². The average Bonchev–Trinajstić information content (AvgIpc) is 2.11. The topological polar surface area (TPSA) is 26.0 Å². The first-order valence-corrected chi connectivity index (χ1v) is 3.63. The fourth-order valence-electron chi connectivity index (χ4n) is 3.96. The molecule has 0 radical (unpaired) electrons. The highest BCUT2D eigenvalue weighted by Crippen LogP contribution is 2.92. The second kappa shape index (κ2) is 0.513. The Balaban J connectivity index is 2.11. The van der Waals surface area contributed by atoms with Gasteiger partial charge in [0.1, 0.15) is 0 Å². The van der Waals surface area contributed by atoms with Crippen LogP contribution in [0.15, 0.2) is 0 Å². The van der Waals surface area contributed by atoms with Gasteiger partial charge in [-0.1, -0.05) is 0 Å². The highest BCUT2D eigenvalue weighted by atomic mass is 15.1. The fraction of sp³-hybridized carbons (Fsp3) is 1.00. The summed E-state index contributed by atoms with van der Waals surface area (Å²) in [5, 5.41) is 0. The van der Waals surface area contributed by atoms with Gasteiger partial charge in [0, 0.05) is 5.54 Å². The number of hydrogen-bond donors (Lipinski definition) is 1. The lowest BCUT2D eigenvalue weighted by Crippen LogP contribution is -2.20. The maximum absolute atomic E-state index is 6.06. The summed E-state index contributed by atoms with van der Waals surface area (Å²) in [5.41, 5.74) is 6.49. The van der Waals surface area contributed by atoms with E-state index in [-0.39, 0.29) is 0 Å². The second-order valence-corrected chi connectivity index (χ2v) is 4.19. The van der Waals surface area contributed by atoms with Gasteiger partial charge in [-0.3, -0.25) is 0 Å². The van der Waals surface area contributed by atoms with E-state index in [9.17, 15) is 0 Å². The molecule has 0 aromatic rings. The SMILES string of the molecule is NC12CC3C4C3C1C42. The van der Waals surface area contributed by atoms with Crippen LogP contribution in [-0.4, -0.2) is 5.54 Å². The van der Waals surface area contributed by atoms with Crippen molar-refractivity contribution >= 4 is 0 Å². The number of nitrogens with two attached hydrogens (primary N) is 1. The molecule has 5 fully saturated rings. The van der Waals surface area contributed by atoms with Crippen molar-refractivity contribution in [3.63, 3.8) is 0 Å². The summed E-state index contributed by atoms with van der Waals surface area (Å²) in [4.78, 5) is 0. The molecule has 4 unspecified atom stereocenters. The summed E-state index contributed by atoms with van der Waals surface area (Å²) in [6.07, 6.45) is 1.40. The average molecular weight is 107 g/mol. The van der Waals surface area contributed by atoms with Crippen molar-refractivity contribution in [1.29, 1.82) is 0 Å². The highest BCUT2D eigenvalue weighted by Gasteiger charge is 2.94. The molecule has 42 valence electrons. The van der Waals surface area contributed by atoms with Gasteiger partial charge in [-0.05, 0) is 36.0 Å². The molecule has 1 nitrogen and oxygen atoms in total. The maximum Gasteiger partial charge on any atom is 0.0227 e. The van der Waals surface area contributed by atoms with Gasteiger partial charge in [0.05, 0.1) is 0 Å². The van der Waals surface area contributed by atoms with E-state index >= 15 is 0 Å². The van der Waals surface area contributed by atoms with E-state index in [2.05, 4.69) is 0 Å². The Labute approximate surface area is 48.2 Å². The molecule has 0 amide bonds. The van der Waals surface area contributed by atoms with Gasteiger partial charge >= 0.3 is 0 Å². The Morgan fingerprint density at radius 3 is 2.00 bits per heavy atom. The van der Waals surface area contributed by atoms with Crippen LogP contribution in [0.25, 0.3) is 0 Å². The van der Waals surface area contributed by atoms with E-state index in [4.69, 9.17) is 5.73 Å². The van der Waals surface area contributed by atoms with Crippen LogP contribution in [0.2, 0.25) is 0 Å². The monoisotopic (exact) mass is 107 g/mol. The molecule has 5 aliphatic carbocycles. The largest absolute Gasteiger partial charge is 0.325 e. The third-order valence-electron chi connectivity index (χ3n) is 4.23. The minimum atomic E-state index is 0.431. The Morgan fingerprint density at radius 1 is 1.25 bits per heavy atom. The van der Waals surface area contributed by atoms with Crippen molar-refractivity contribution in [2.75, 3.05) is 0 Å². The summed E-state index contributed by atoms with van der Waals surface area (Å²) in [5.74, 6) is 5.53. The summed E-state index contributed by atoms with van der Waals surface area (Å²) < 4.78 is 0. The Kier molecular flexibility index (Phi) is 0.206. The molecule has 4 atom stereocenters. The van der Waals surface area contributed by atoms with Crippen LogP contribution in [0, 0.1) is 29.6 Å². The molecule has 1 heteroatoms. The summed E-state index contributed by atoms with van der Waals surface area (Å²) in [7, 11) is 0. The third-order valence-corrected chi connectivity index (χ3v) is 4.23. The second-order valence-electron chi connectivity index (χ2n) is 4.19. The zero-order valence-electron chi connectivity index (χ0n) is 4.67. The van der Waals surface area contributed by atoms with Crippen molar-refractivity contribution in [2.45, 2.75) is 12.0 Å². The molecule has 5 aliphatic rings. The fourth-order valence-corrected chi connectivity index (χ4v) is 3.96. The van der Waals surface area contributed by atoms with E-state index in [1.165, 1.54) is 6.42 Å². The molecular weight excluding hydrogens is 98.1 g/mol. The van der Waals surface area contributed by atoms with E-state index in [1.807, 2.05) is 0 Å². The van der Waals surface area contributed by atoms with Gasteiger partial charge in [-0.25, -0.2) is 0 Å². The van der Waals surface area contributed by atoms with Gasteiger partial charge in [0.15, 0.2) is 0 Å². The van der Waals surface area contributed by atoms with Crippen molar-refractivity contribution in [3.8, 4) is 0 Å². The van der Waals surface area contributed by atoms with Gasteiger partial charge in [0.25, 0.3) is 0 Å². The zero-order valence-corrected chi connectivity index (χ0v) is 4.67. The minimum absolute atomic E-state index is 0.431. The lowest BCUT2D eigenvalue weighted by molar-refractivity contribution is 0.434. The number of rotatable bonds is 0. The quantitative estimate of drug-likeness (QED) is 0.470. The van der Waals surface area contributed by atoms with Crippen LogP contribution in [-0.2, 0) is 0 Å². The Hall–Kier alpha value is -0.0400. The third kappa shape index (κ3) is 0.107. The minimum Gasteiger partial charge on any atom is -0.325 e. The molecule has 0 aromatic heterocycles.